The third-order valence-electron chi connectivity index (χ3n) is 3.95. The van der Waals surface area contributed by atoms with E-state index in [2.05, 4.69) is 41.4 Å². The van der Waals surface area contributed by atoms with Gasteiger partial charge in [0.25, 0.3) is 5.91 Å². The molecule has 26 heavy (non-hydrogen) atoms. The summed E-state index contributed by atoms with van der Waals surface area (Å²) in [6.07, 6.45) is 2.35. The SMILES string of the molecule is COc1nnc2c(C(=O)NCCc3nc4ccccc4[nH]3)cc(Br)cn12. The van der Waals surface area contributed by atoms with Crippen molar-refractivity contribution in [2.75, 3.05) is 13.7 Å². The van der Waals surface area contributed by atoms with Gasteiger partial charge in [-0.25, -0.2) is 4.98 Å². The van der Waals surface area contributed by atoms with Crippen molar-refractivity contribution in [3.05, 3.63) is 52.4 Å². The molecule has 3 heterocycles. The lowest BCUT2D eigenvalue weighted by Crippen LogP contribution is -2.26. The molecule has 1 aromatic carbocycles. The number of amides is 1. The molecule has 0 spiro atoms. The smallest absolute Gasteiger partial charge is 0.321 e. The highest BCUT2D eigenvalue weighted by Crippen LogP contribution is 2.20. The van der Waals surface area contributed by atoms with E-state index in [9.17, 15) is 4.79 Å². The molecule has 4 aromatic rings. The summed E-state index contributed by atoms with van der Waals surface area (Å²) in [5, 5.41) is 10.9. The molecule has 0 aliphatic rings. The van der Waals surface area contributed by atoms with Crippen LogP contribution in [0.4, 0.5) is 0 Å². The van der Waals surface area contributed by atoms with Gasteiger partial charge in [-0.1, -0.05) is 17.2 Å². The van der Waals surface area contributed by atoms with E-state index >= 15 is 0 Å². The number of H-pyrrole nitrogens is 1. The number of imidazole rings is 1. The van der Waals surface area contributed by atoms with Crippen molar-refractivity contribution in [2.45, 2.75) is 6.42 Å². The van der Waals surface area contributed by atoms with Gasteiger partial charge in [-0.05, 0) is 34.1 Å². The van der Waals surface area contributed by atoms with E-state index in [0.717, 1.165) is 21.3 Å². The maximum Gasteiger partial charge on any atom is 0.321 e. The minimum Gasteiger partial charge on any atom is -0.467 e. The zero-order chi connectivity index (χ0) is 18.1. The quantitative estimate of drug-likeness (QED) is 0.522. The van der Waals surface area contributed by atoms with Gasteiger partial charge in [0.1, 0.15) is 5.82 Å². The van der Waals surface area contributed by atoms with Gasteiger partial charge >= 0.3 is 6.01 Å². The van der Waals surface area contributed by atoms with Crippen molar-refractivity contribution in [1.29, 1.82) is 0 Å². The number of halogens is 1. The first-order chi connectivity index (χ1) is 12.7. The number of nitrogens with one attached hydrogen (secondary N) is 2. The minimum atomic E-state index is -0.234. The Balaban J connectivity index is 1.49. The second-order valence-electron chi connectivity index (χ2n) is 5.66. The van der Waals surface area contributed by atoms with Gasteiger partial charge in [-0.2, -0.15) is 0 Å². The van der Waals surface area contributed by atoms with Crippen molar-refractivity contribution in [1.82, 2.24) is 29.9 Å². The lowest BCUT2D eigenvalue weighted by Gasteiger charge is -2.06. The highest BCUT2D eigenvalue weighted by molar-refractivity contribution is 9.10. The van der Waals surface area contributed by atoms with Crippen molar-refractivity contribution >= 4 is 38.5 Å². The maximum atomic E-state index is 12.6. The van der Waals surface area contributed by atoms with Crippen LogP contribution in [0.1, 0.15) is 16.2 Å². The van der Waals surface area contributed by atoms with Crippen LogP contribution in [0.5, 0.6) is 6.01 Å². The number of hydrogen-bond acceptors (Lipinski definition) is 5. The van der Waals surface area contributed by atoms with Gasteiger partial charge in [0.2, 0.25) is 0 Å². The summed E-state index contributed by atoms with van der Waals surface area (Å²) in [6.45, 7) is 0.447. The molecule has 0 radical (unpaired) electrons. The van der Waals surface area contributed by atoms with Crippen LogP contribution in [0, 0.1) is 0 Å². The summed E-state index contributed by atoms with van der Waals surface area (Å²) in [4.78, 5) is 20.3. The largest absolute Gasteiger partial charge is 0.467 e. The number of ether oxygens (including phenoxy) is 1. The first-order valence-electron chi connectivity index (χ1n) is 7.96. The Morgan fingerprint density at radius 3 is 3.00 bits per heavy atom. The number of hydrogen-bond donors (Lipinski definition) is 2. The van der Waals surface area contributed by atoms with E-state index < -0.39 is 0 Å². The number of rotatable bonds is 5. The lowest BCUT2D eigenvalue weighted by atomic mass is 10.2. The Morgan fingerprint density at radius 1 is 1.35 bits per heavy atom. The fraction of sp³-hybridized carbons (Fsp3) is 0.176. The monoisotopic (exact) mass is 414 g/mol. The highest BCUT2D eigenvalue weighted by atomic mass is 79.9. The Hall–Kier alpha value is -2.94. The van der Waals surface area contributed by atoms with E-state index in [4.69, 9.17) is 4.74 Å². The zero-order valence-electron chi connectivity index (χ0n) is 13.9. The van der Waals surface area contributed by atoms with E-state index in [-0.39, 0.29) is 5.91 Å². The summed E-state index contributed by atoms with van der Waals surface area (Å²) in [5.41, 5.74) is 2.75. The molecule has 0 aliphatic heterocycles. The Labute approximate surface area is 156 Å². The summed E-state index contributed by atoms with van der Waals surface area (Å²) in [5.74, 6) is 0.595. The van der Waals surface area contributed by atoms with Crippen LogP contribution in [0.2, 0.25) is 0 Å². The first kappa shape index (κ1) is 16.5. The van der Waals surface area contributed by atoms with Crippen LogP contribution >= 0.6 is 15.9 Å². The van der Waals surface area contributed by atoms with Gasteiger partial charge in [0.05, 0.1) is 23.7 Å². The normalized spacial score (nSPS) is 11.2. The summed E-state index contributed by atoms with van der Waals surface area (Å²) < 4.78 is 7.50. The number of methoxy groups -OCH3 is 1. The number of carbonyl (C=O) groups is 1. The van der Waals surface area contributed by atoms with Crippen molar-refractivity contribution in [3.8, 4) is 6.01 Å². The molecule has 0 atom stereocenters. The average Bonchev–Trinajstić information content (AvgIpc) is 3.23. The number of para-hydroxylation sites is 2. The summed E-state index contributed by atoms with van der Waals surface area (Å²) in [7, 11) is 1.50. The molecule has 0 bridgehead atoms. The molecule has 0 saturated heterocycles. The number of carbonyl (C=O) groups excluding carboxylic acids is 1. The van der Waals surface area contributed by atoms with E-state index in [1.165, 1.54) is 7.11 Å². The maximum absolute atomic E-state index is 12.6. The molecule has 9 heteroatoms. The molecule has 4 rings (SSSR count). The fourth-order valence-corrected chi connectivity index (χ4v) is 3.19. The molecule has 0 unspecified atom stereocenters. The molecule has 0 aliphatic carbocycles. The summed E-state index contributed by atoms with van der Waals surface area (Å²) >= 11 is 3.40. The highest BCUT2D eigenvalue weighted by Gasteiger charge is 2.16. The standard InChI is InChI=1S/C17H15BrN6O2/c1-26-17-23-22-15-11(8-10(18)9-24(15)17)16(25)19-7-6-14-20-12-4-2-3-5-13(12)21-14/h2-5,8-9H,6-7H2,1H3,(H,19,25)(H,20,21). The van der Waals surface area contributed by atoms with E-state index in [1.807, 2.05) is 24.3 Å². The average molecular weight is 415 g/mol. The second kappa shape index (κ2) is 6.75. The summed E-state index contributed by atoms with van der Waals surface area (Å²) in [6, 6.07) is 9.85. The van der Waals surface area contributed by atoms with Crippen LogP contribution in [-0.2, 0) is 6.42 Å². The number of pyridine rings is 1. The number of nitrogens with zero attached hydrogens (tertiary/aromatic N) is 4. The minimum absolute atomic E-state index is 0.234. The molecule has 3 aromatic heterocycles. The molecule has 8 nitrogen and oxygen atoms in total. The van der Waals surface area contributed by atoms with Gasteiger partial charge < -0.3 is 15.0 Å². The molecule has 0 saturated carbocycles. The van der Waals surface area contributed by atoms with Crippen molar-refractivity contribution < 1.29 is 9.53 Å². The number of fused-ring (bicyclic) bond motifs is 2. The number of aromatic nitrogens is 5. The lowest BCUT2D eigenvalue weighted by molar-refractivity contribution is 0.0955. The Kier molecular flexibility index (Phi) is 4.29. The van der Waals surface area contributed by atoms with Crippen LogP contribution in [0.3, 0.4) is 0 Å². The Morgan fingerprint density at radius 2 is 2.19 bits per heavy atom. The topological polar surface area (TPSA) is 97.2 Å². The second-order valence-corrected chi connectivity index (χ2v) is 6.57. The third kappa shape index (κ3) is 3.01. The first-order valence-corrected chi connectivity index (χ1v) is 8.75. The fourth-order valence-electron chi connectivity index (χ4n) is 2.76. The van der Waals surface area contributed by atoms with Crippen LogP contribution in [-0.4, -0.2) is 44.1 Å². The van der Waals surface area contributed by atoms with Gasteiger partial charge in [0.15, 0.2) is 5.65 Å². The van der Waals surface area contributed by atoms with Crippen molar-refractivity contribution in [2.24, 2.45) is 0 Å². The molecule has 2 N–H and O–H groups in total. The molecule has 0 fully saturated rings. The van der Waals surface area contributed by atoms with Gasteiger partial charge in [-0.3, -0.25) is 9.20 Å². The predicted molar refractivity (Wildman–Crippen MR) is 99.4 cm³/mol. The van der Waals surface area contributed by atoms with Crippen LogP contribution in [0.25, 0.3) is 16.7 Å². The van der Waals surface area contributed by atoms with Gasteiger partial charge in [-0.15, -0.1) is 5.10 Å². The number of aromatic amines is 1. The van der Waals surface area contributed by atoms with Crippen LogP contribution < -0.4 is 10.1 Å². The molecule has 1 amide bonds. The molecular formula is C17H15BrN6O2. The van der Waals surface area contributed by atoms with E-state index in [0.29, 0.717) is 30.2 Å². The molecular weight excluding hydrogens is 400 g/mol. The predicted octanol–water partition coefficient (Wildman–Crippen LogP) is 2.35. The van der Waals surface area contributed by atoms with Gasteiger partial charge in [0, 0.05) is 23.6 Å². The Bertz CT molecular complexity index is 1070. The van der Waals surface area contributed by atoms with Crippen molar-refractivity contribution in [3.63, 3.8) is 0 Å². The van der Waals surface area contributed by atoms with Crippen LogP contribution in [0.15, 0.2) is 41.0 Å². The third-order valence-corrected chi connectivity index (χ3v) is 4.39. The zero-order valence-corrected chi connectivity index (χ0v) is 15.4. The molecule has 132 valence electrons. The number of benzene rings is 1. The van der Waals surface area contributed by atoms with E-state index in [1.54, 1.807) is 16.7 Å².